The first-order valence-electron chi connectivity index (χ1n) is 5.89. The molecule has 0 radical (unpaired) electrons. The Balaban J connectivity index is 2.10. The molecular weight excluding hydrogens is 250 g/mol. The van der Waals surface area contributed by atoms with Gasteiger partial charge in [0.1, 0.15) is 11.7 Å². The van der Waals surface area contributed by atoms with Gasteiger partial charge in [-0.2, -0.15) is 0 Å². The first-order valence-corrected chi connectivity index (χ1v) is 5.89. The van der Waals surface area contributed by atoms with Gasteiger partial charge in [0.15, 0.2) is 0 Å². The Labute approximate surface area is 109 Å². The lowest BCUT2D eigenvalue weighted by molar-refractivity contribution is -0.384. The number of nitro benzene ring substituents is 1. The van der Waals surface area contributed by atoms with Gasteiger partial charge in [-0.3, -0.25) is 19.7 Å². The summed E-state index contributed by atoms with van der Waals surface area (Å²) in [6.45, 7) is 1.60. The highest BCUT2D eigenvalue weighted by molar-refractivity contribution is 5.99. The molecule has 19 heavy (non-hydrogen) atoms. The molecule has 0 saturated carbocycles. The molecule has 100 valence electrons. The number of benzene rings is 1. The zero-order valence-corrected chi connectivity index (χ0v) is 10.4. The highest BCUT2D eigenvalue weighted by Crippen LogP contribution is 2.27. The maximum Gasteiger partial charge on any atom is 0.316 e. The molecule has 1 aliphatic rings. The molecule has 0 N–H and O–H groups in total. The molecule has 1 fully saturated rings. The second-order valence-electron chi connectivity index (χ2n) is 4.61. The Morgan fingerprint density at radius 1 is 1.42 bits per heavy atom. The SMILES string of the molecule is CC(=O)[C@H]1C(=O)OC[C@@H]1Cc1ccc([N+](=O)[O-])cc1. The van der Waals surface area contributed by atoms with Gasteiger partial charge in [0.2, 0.25) is 0 Å². The van der Waals surface area contributed by atoms with Crippen molar-refractivity contribution in [2.24, 2.45) is 11.8 Å². The summed E-state index contributed by atoms with van der Waals surface area (Å²) in [7, 11) is 0. The van der Waals surface area contributed by atoms with Crippen molar-refractivity contribution in [3.63, 3.8) is 0 Å². The Bertz CT molecular complexity index is 522. The van der Waals surface area contributed by atoms with Gasteiger partial charge in [0, 0.05) is 18.1 Å². The lowest BCUT2D eigenvalue weighted by atomic mass is 9.87. The summed E-state index contributed by atoms with van der Waals surface area (Å²) in [5.41, 5.74) is 0.866. The van der Waals surface area contributed by atoms with Crippen LogP contribution < -0.4 is 0 Å². The standard InChI is InChI=1S/C13H13NO5/c1-8(15)12-10(7-19-13(12)16)6-9-2-4-11(5-3-9)14(17)18/h2-5,10,12H,6-7H2,1H3/t10-,12+/m0/s1. The van der Waals surface area contributed by atoms with E-state index in [1.54, 1.807) is 12.1 Å². The number of rotatable bonds is 4. The summed E-state index contributed by atoms with van der Waals surface area (Å²) in [5.74, 6) is -1.57. The first kappa shape index (κ1) is 13.2. The van der Waals surface area contributed by atoms with Gasteiger partial charge in [-0.1, -0.05) is 12.1 Å². The van der Waals surface area contributed by atoms with Crippen molar-refractivity contribution < 1.29 is 19.2 Å². The number of ketones is 1. The monoisotopic (exact) mass is 263 g/mol. The van der Waals surface area contributed by atoms with Gasteiger partial charge in [0.05, 0.1) is 11.5 Å². The van der Waals surface area contributed by atoms with Crippen LogP contribution in [-0.2, 0) is 20.7 Å². The minimum atomic E-state index is -0.713. The number of nitro groups is 1. The van der Waals surface area contributed by atoms with Gasteiger partial charge < -0.3 is 4.74 Å². The summed E-state index contributed by atoms with van der Waals surface area (Å²) >= 11 is 0. The first-order chi connectivity index (χ1) is 8.99. The van der Waals surface area contributed by atoms with Crippen molar-refractivity contribution in [1.29, 1.82) is 0 Å². The maximum absolute atomic E-state index is 11.4. The third-order valence-electron chi connectivity index (χ3n) is 3.25. The van der Waals surface area contributed by atoms with Gasteiger partial charge >= 0.3 is 5.97 Å². The molecule has 0 spiro atoms. The Morgan fingerprint density at radius 2 is 2.05 bits per heavy atom. The predicted octanol–water partition coefficient (Wildman–Crippen LogP) is 1.52. The molecule has 1 aromatic rings. The van der Waals surface area contributed by atoms with Gasteiger partial charge in [-0.25, -0.2) is 0 Å². The maximum atomic E-state index is 11.4. The van der Waals surface area contributed by atoms with Gasteiger partial charge in [0.25, 0.3) is 5.69 Å². The number of non-ortho nitro benzene ring substituents is 1. The molecule has 0 amide bonds. The van der Waals surface area contributed by atoms with Crippen molar-refractivity contribution in [3.8, 4) is 0 Å². The number of nitrogens with zero attached hydrogens (tertiary/aromatic N) is 1. The Kier molecular flexibility index (Phi) is 3.59. The van der Waals surface area contributed by atoms with E-state index in [0.29, 0.717) is 6.42 Å². The zero-order chi connectivity index (χ0) is 14.0. The zero-order valence-electron chi connectivity index (χ0n) is 10.4. The molecule has 0 bridgehead atoms. The van der Waals surface area contributed by atoms with Gasteiger partial charge in [-0.05, 0) is 18.9 Å². The molecule has 1 aliphatic heterocycles. The van der Waals surface area contributed by atoms with Crippen LogP contribution in [0, 0.1) is 22.0 Å². The van der Waals surface area contributed by atoms with Crippen LogP contribution in [0.5, 0.6) is 0 Å². The Hall–Kier alpha value is -2.24. The fraction of sp³-hybridized carbons (Fsp3) is 0.385. The molecule has 1 saturated heterocycles. The van der Waals surface area contributed by atoms with E-state index in [4.69, 9.17) is 4.74 Å². The number of ether oxygens (including phenoxy) is 1. The Morgan fingerprint density at radius 3 is 2.58 bits per heavy atom. The van der Waals surface area contributed by atoms with Crippen LogP contribution in [0.25, 0.3) is 0 Å². The van der Waals surface area contributed by atoms with Crippen molar-refractivity contribution in [2.45, 2.75) is 13.3 Å². The van der Waals surface area contributed by atoms with Crippen LogP contribution in [0.4, 0.5) is 5.69 Å². The summed E-state index contributed by atoms with van der Waals surface area (Å²) in [6.07, 6.45) is 0.494. The molecule has 6 heteroatoms. The minimum absolute atomic E-state index is 0.0191. The molecule has 0 aromatic heterocycles. The van der Waals surface area contributed by atoms with E-state index in [1.165, 1.54) is 19.1 Å². The van der Waals surface area contributed by atoms with E-state index >= 15 is 0 Å². The second-order valence-corrected chi connectivity index (χ2v) is 4.61. The van der Waals surface area contributed by atoms with Crippen LogP contribution in [0.1, 0.15) is 12.5 Å². The lowest BCUT2D eigenvalue weighted by Gasteiger charge is -2.12. The molecule has 2 rings (SSSR count). The van der Waals surface area contributed by atoms with E-state index < -0.39 is 16.8 Å². The normalized spacial score (nSPS) is 22.1. The fourth-order valence-corrected chi connectivity index (χ4v) is 2.30. The van der Waals surface area contributed by atoms with Crippen LogP contribution in [0.3, 0.4) is 0 Å². The summed E-state index contributed by atoms with van der Waals surface area (Å²) in [5, 5.41) is 10.5. The summed E-state index contributed by atoms with van der Waals surface area (Å²) in [6, 6.07) is 6.10. The highest BCUT2D eigenvalue weighted by atomic mass is 16.6. The number of Topliss-reactive ketones (excluding diaryl/α,β-unsaturated/α-hetero) is 1. The molecule has 0 unspecified atom stereocenters. The average molecular weight is 263 g/mol. The number of esters is 1. The number of hydrogen-bond donors (Lipinski definition) is 0. The van der Waals surface area contributed by atoms with Crippen molar-refractivity contribution in [3.05, 3.63) is 39.9 Å². The predicted molar refractivity (Wildman–Crippen MR) is 65.4 cm³/mol. The van der Waals surface area contributed by atoms with Gasteiger partial charge in [-0.15, -0.1) is 0 Å². The molecule has 0 aliphatic carbocycles. The molecule has 2 atom stereocenters. The van der Waals surface area contributed by atoms with Crippen molar-refractivity contribution in [2.75, 3.05) is 6.61 Å². The number of hydrogen-bond acceptors (Lipinski definition) is 5. The molecular formula is C13H13NO5. The van der Waals surface area contributed by atoms with Crippen molar-refractivity contribution >= 4 is 17.4 Å². The number of carbonyl (C=O) groups is 2. The van der Waals surface area contributed by atoms with Crippen LogP contribution >= 0.6 is 0 Å². The molecule has 1 aromatic carbocycles. The van der Waals surface area contributed by atoms with Crippen LogP contribution in [0.15, 0.2) is 24.3 Å². The summed E-state index contributed by atoms with van der Waals surface area (Å²) < 4.78 is 4.91. The largest absolute Gasteiger partial charge is 0.465 e. The van der Waals surface area contributed by atoms with E-state index in [1.807, 2.05) is 0 Å². The van der Waals surface area contributed by atoms with Crippen LogP contribution in [-0.4, -0.2) is 23.3 Å². The lowest BCUT2D eigenvalue weighted by Crippen LogP contribution is -2.24. The van der Waals surface area contributed by atoms with E-state index in [2.05, 4.69) is 0 Å². The smallest absolute Gasteiger partial charge is 0.316 e. The minimum Gasteiger partial charge on any atom is -0.465 e. The quantitative estimate of drug-likeness (QED) is 0.355. The van der Waals surface area contributed by atoms with E-state index in [-0.39, 0.29) is 24.0 Å². The molecule has 1 heterocycles. The number of cyclic esters (lactones) is 1. The second kappa shape index (κ2) is 5.17. The number of carbonyl (C=O) groups excluding carboxylic acids is 2. The van der Waals surface area contributed by atoms with E-state index in [9.17, 15) is 19.7 Å². The molecule has 6 nitrogen and oxygen atoms in total. The van der Waals surface area contributed by atoms with Crippen molar-refractivity contribution in [1.82, 2.24) is 0 Å². The van der Waals surface area contributed by atoms with E-state index in [0.717, 1.165) is 5.56 Å². The fourth-order valence-electron chi connectivity index (χ4n) is 2.30. The van der Waals surface area contributed by atoms with Crippen LogP contribution in [0.2, 0.25) is 0 Å². The third kappa shape index (κ3) is 2.78. The highest BCUT2D eigenvalue weighted by Gasteiger charge is 2.40. The average Bonchev–Trinajstić information content (AvgIpc) is 2.71. The summed E-state index contributed by atoms with van der Waals surface area (Å²) in [4.78, 5) is 32.9. The topological polar surface area (TPSA) is 86.5 Å². The third-order valence-corrected chi connectivity index (χ3v) is 3.25.